The molecule has 0 nitrogen and oxygen atoms in total. The number of hydrogen-bond acceptors (Lipinski definition) is 0. The van der Waals surface area contributed by atoms with E-state index in [0.29, 0.717) is 5.41 Å². The Balaban J connectivity index is 0.00000106. The minimum atomic E-state index is 0.527. The number of halogens is 1. The molecule has 0 saturated heterocycles. The van der Waals surface area contributed by atoms with E-state index in [4.69, 9.17) is 16.3 Å². The van der Waals surface area contributed by atoms with Gasteiger partial charge < -0.3 is 6.58 Å². The van der Waals surface area contributed by atoms with Gasteiger partial charge in [0.15, 0.2) is 0 Å². The van der Waals surface area contributed by atoms with Crippen LogP contribution in [0.3, 0.4) is 0 Å². The van der Waals surface area contributed by atoms with Crippen LogP contribution in [0.15, 0.2) is 5.57 Å². The van der Waals surface area contributed by atoms with E-state index in [0.717, 1.165) is 41.0 Å². The molecule has 2 heteroatoms. The minimum absolute atomic E-state index is 0.527. The van der Waals surface area contributed by atoms with Crippen molar-refractivity contribution in [3.63, 3.8) is 0 Å². The summed E-state index contributed by atoms with van der Waals surface area (Å²) in [4.78, 5) is 0. The molecule has 0 aromatic rings. The monoisotopic (exact) mass is 360 g/mol. The Morgan fingerprint density at radius 3 is 2.52 bits per heavy atom. The molecule has 0 heterocycles. The van der Waals surface area contributed by atoms with Gasteiger partial charge in [-0.05, 0) is 48.3 Å². The van der Waals surface area contributed by atoms with Crippen molar-refractivity contribution in [2.45, 2.75) is 79.1 Å². The Kier molecular flexibility index (Phi) is 8.51. The third kappa shape index (κ3) is 4.81. The number of fused-ring (bicyclic) bond motifs is 1. The van der Waals surface area contributed by atoms with Gasteiger partial charge >= 0.3 is 27.0 Å². The predicted molar refractivity (Wildman–Crippen MR) is 89.7 cm³/mol. The van der Waals surface area contributed by atoms with Crippen LogP contribution in [0.2, 0.25) is 0 Å². The summed E-state index contributed by atoms with van der Waals surface area (Å²) in [5.41, 5.74) is 1.85. The first-order valence-electron chi connectivity index (χ1n) is 8.83. The van der Waals surface area contributed by atoms with Crippen LogP contribution in [0.25, 0.3) is 0 Å². The summed E-state index contributed by atoms with van der Waals surface area (Å²) in [5, 5.41) is 0. The molecule has 0 N–H and O–H groups in total. The van der Waals surface area contributed by atoms with Crippen LogP contribution in [0.1, 0.15) is 79.1 Å². The van der Waals surface area contributed by atoms with Crippen molar-refractivity contribution in [2.75, 3.05) is 0 Å². The van der Waals surface area contributed by atoms with Gasteiger partial charge in [-0.25, -0.2) is 0 Å². The van der Waals surface area contributed by atoms with Crippen molar-refractivity contribution in [3.05, 3.63) is 12.2 Å². The Hall–Kier alpha value is 0.653. The molecule has 1 unspecified atom stereocenters. The molecule has 2 fully saturated rings. The summed E-state index contributed by atoms with van der Waals surface area (Å²) in [6.07, 6.45) is 10.9. The molecule has 0 aliphatic heterocycles. The number of allylic oxidation sites excluding steroid dienone is 1. The van der Waals surface area contributed by atoms with E-state index < -0.39 is 0 Å². The zero-order chi connectivity index (χ0) is 16.0. The molecular formula is C19H33ClZn. The first-order chi connectivity index (χ1) is 9.95. The standard InChI is InChI=1S/C19H33.ClH.Zn/c1-14(2)8-6-9-15(3)17-11-12-18-16(4)10-7-13-19(17,18)5;;/h4,14-15,17-18H,6-13H2,1-3,5H3;1H;/q-1;;+2/p-1/t15-,17?,18+,19-;;/m1../s1. The van der Waals surface area contributed by atoms with Gasteiger partial charge in [-0.2, -0.15) is 0 Å². The van der Waals surface area contributed by atoms with Crippen molar-refractivity contribution in [1.82, 2.24) is 0 Å². The van der Waals surface area contributed by atoms with E-state index in [2.05, 4.69) is 27.7 Å². The fourth-order valence-corrected chi connectivity index (χ4v) is 5.06. The topological polar surface area (TPSA) is 0 Å². The molecule has 0 radical (unpaired) electrons. The molecule has 0 spiro atoms. The van der Waals surface area contributed by atoms with Gasteiger partial charge in [0, 0.05) is 0 Å². The third-order valence-electron chi connectivity index (χ3n) is 6.17. The molecular weight excluding hydrogens is 329 g/mol. The first-order valence-corrected chi connectivity index (χ1v) is 12.7. The Bertz CT molecular complexity index is 326. The average molecular weight is 362 g/mol. The zero-order valence-electron chi connectivity index (χ0n) is 14.6. The molecule has 0 amide bonds. The Morgan fingerprint density at radius 2 is 1.90 bits per heavy atom. The maximum atomic E-state index is 6.32. The summed E-state index contributed by atoms with van der Waals surface area (Å²) in [5.74, 6) is 3.40. The van der Waals surface area contributed by atoms with E-state index in [-0.39, 0.29) is 0 Å². The normalized spacial score (nSPS) is 33.4. The molecule has 2 saturated carbocycles. The van der Waals surface area contributed by atoms with Gasteiger partial charge in [-0.1, -0.05) is 59.8 Å². The average Bonchev–Trinajstić information content (AvgIpc) is 2.79. The van der Waals surface area contributed by atoms with Gasteiger partial charge in [0.05, 0.1) is 0 Å². The molecule has 0 aromatic heterocycles. The van der Waals surface area contributed by atoms with Crippen LogP contribution >= 0.6 is 9.69 Å². The van der Waals surface area contributed by atoms with Crippen LogP contribution in [0, 0.1) is 35.7 Å². The van der Waals surface area contributed by atoms with E-state index in [1.54, 1.807) is 0 Å². The molecule has 4 atom stereocenters. The van der Waals surface area contributed by atoms with Gasteiger partial charge in [-0.15, -0.1) is 0 Å². The second-order valence-electron chi connectivity index (χ2n) is 7.97. The van der Waals surface area contributed by atoms with Crippen LogP contribution < -0.4 is 0 Å². The quantitative estimate of drug-likeness (QED) is 0.377. The van der Waals surface area contributed by atoms with Gasteiger partial charge in [0.1, 0.15) is 0 Å². The zero-order valence-corrected chi connectivity index (χ0v) is 18.4. The fourth-order valence-electron chi connectivity index (χ4n) is 5.06. The first kappa shape index (κ1) is 19.7. The molecule has 118 valence electrons. The Labute approximate surface area is 147 Å². The van der Waals surface area contributed by atoms with Crippen LogP contribution in [0.4, 0.5) is 0 Å². The fraction of sp³-hybridized carbons (Fsp3) is 0.895. The van der Waals surface area contributed by atoms with Crippen LogP contribution in [0.5, 0.6) is 0 Å². The van der Waals surface area contributed by atoms with Gasteiger partial charge in [0.2, 0.25) is 0 Å². The predicted octanol–water partition coefficient (Wildman–Crippen LogP) is 6.71. The van der Waals surface area contributed by atoms with Crippen molar-refractivity contribution in [2.24, 2.45) is 29.1 Å². The van der Waals surface area contributed by atoms with Crippen molar-refractivity contribution in [1.29, 1.82) is 0 Å². The van der Waals surface area contributed by atoms with Crippen LogP contribution in [-0.2, 0) is 17.3 Å². The maximum absolute atomic E-state index is 6.32. The third-order valence-corrected chi connectivity index (χ3v) is 6.17. The summed E-state index contributed by atoms with van der Waals surface area (Å²) < 4.78 is 0. The summed E-state index contributed by atoms with van der Waals surface area (Å²) in [6.45, 7) is 16.1. The second kappa shape index (κ2) is 9.07. The van der Waals surface area contributed by atoms with E-state index in [9.17, 15) is 0 Å². The molecule has 0 aromatic carbocycles. The van der Waals surface area contributed by atoms with Gasteiger partial charge in [-0.3, -0.25) is 5.57 Å². The molecule has 2 aliphatic carbocycles. The Morgan fingerprint density at radius 1 is 1.24 bits per heavy atom. The molecule has 2 aliphatic rings. The van der Waals surface area contributed by atoms with E-state index >= 15 is 0 Å². The summed E-state index contributed by atoms with van der Waals surface area (Å²) in [6, 6.07) is 0. The molecule has 0 bridgehead atoms. The summed E-state index contributed by atoms with van der Waals surface area (Å²) >= 11 is 0.847. The van der Waals surface area contributed by atoms with Crippen LogP contribution in [-0.4, -0.2) is 0 Å². The van der Waals surface area contributed by atoms with Crippen molar-refractivity contribution < 1.29 is 17.3 Å². The van der Waals surface area contributed by atoms with E-state index in [1.165, 1.54) is 56.9 Å². The molecule has 21 heavy (non-hydrogen) atoms. The van der Waals surface area contributed by atoms with Crippen molar-refractivity contribution >= 4 is 9.69 Å². The number of rotatable bonds is 5. The SMILES string of the molecule is [CH-]=C1CCC[C@]2(C)C([C@H](C)CCCC(C)C)CC[C@@H]12.[Cl][Zn+]. The second-order valence-corrected chi connectivity index (χ2v) is 7.97. The van der Waals surface area contributed by atoms with Crippen molar-refractivity contribution in [3.8, 4) is 0 Å². The van der Waals surface area contributed by atoms with E-state index in [1.807, 2.05) is 0 Å². The number of hydrogen-bond donors (Lipinski definition) is 0. The molecule has 2 rings (SSSR count). The van der Waals surface area contributed by atoms with Gasteiger partial charge in [0.25, 0.3) is 0 Å². The summed E-state index contributed by atoms with van der Waals surface area (Å²) in [7, 11) is 4.76.